The second-order valence-electron chi connectivity index (χ2n) is 5.79. The van der Waals surface area contributed by atoms with Crippen LogP contribution in [0.1, 0.15) is 11.1 Å². The molecular weight excluding hydrogens is 328 g/mol. The molecule has 1 N–H and O–H groups in total. The van der Waals surface area contributed by atoms with Crippen molar-refractivity contribution >= 4 is 29.2 Å². The molecule has 1 heterocycles. The van der Waals surface area contributed by atoms with E-state index in [4.69, 9.17) is 12.2 Å². The summed E-state index contributed by atoms with van der Waals surface area (Å²) in [5.41, 5.74) is 3.17. The van der Waals surface area contributed by atoms with Crippen LogP contribution < -0.4 is 0 Å². The summed E-state index contributed by atoms with van der Waals surface area (Å²) in [5, 5.41) is 14.1. The number of hydrogen-bond donors (Lipinski definition) is 1. The minimum absolute atomic E-state index is 0.467. The molecule has 4 rings (SSSR count). The van der Waals surface area contributed by atoms with Gasteiger partial charge >= 0.3 is 0 Å². The van der Waals surface area contributed by atoms with Crippen molar-refractivity contribution in [3.05, 3.63) is 82.6 Å². The SMILES string of the molecule is Cc1ccccc1-c1n[nH]c(=S)n1/N=C\c1cccc2ccccc12. The number of hydrogen-bond acceptors (Lipinski definition) is 3. The van der Waals surface area contributed by atoms with E-state index in [1.54, 1.807) is 4.68 Å². The molecule has 122 valence electrons. The van der Waals surface area contributed by atoms with E-state index in [1.807, 2.05) is 61.7 Å². The lowest BCUT2D eigenvalue weighted by Gasteiger charge is -2.05. The zero-order valence-corrected chi connectivity index (χ0v) is 14.5. The third-order valence-electron chi connectivity index (χ3n) is 4.17. The fourth-order valence-corrected chi connectivity index (χ4v) is 3.06. The third kappa shape index (κ3) is 2.90. The van der Waals surface area contributed by atoms with Crippen molar-refractivity contribution in [3.8, 4) is 11.4 Å². The van der Waals surface area contributed by atoms with E-state index in [0.29, 0.717) is 10.6 Å². The van der Waals surface area contributed by atoms with Crippen LogP contribution in [-0.4, -0.2) is 21.1 Å². The van der Waals surface area contributed by atoms with Gasteiger partial charge in [0.15, 0.2) is 5.82 Å². The summed E-state index contributed by atoms with van der Waals surface area (Å²) in [6, 6.07) is 22.5. The fraction of sp³-hybridized carbons (Fsp3) is 0.0500. The average Bonchev–Trinajstić information content (AvgIpc) is 3.01. The molecule has 0 aliphatic rings. The molecule has 5 heteroatoms. The molecule has 0 aliphatic carbocycles. The van der Waals surface area contributed by atoms with Gasteiger partial charge in [0.1, 0.15) is 0 Å². The molecule has 25 heavy (non-hydrogen) atoms. The highest BCUT2D eigenvalue weighted by atomic mass is 32.1. The van der Waals surface area contributed by atoms with Gasteiger partial charge in [0, 0.05) is 11.1 Å². The Kier molecular flexibility index (Phi) is 3.99. The minimum Gasteiger partial charge on any atom is -0.250 e. The van der Waals surface area contributed by atoms with Crippen LogP contribution in [0.3, 0.4) is 0 Å². The van der Waals surface area contributed by atoms with Gasteiger partial charge in [-0.15, -0.1) is 0 Å². The van der Waals surface area contributed by atoms with Crippen molar-refractivity contribution < 1.29 is 0 Å². The number of nitrogens with one attached hydrogen (secondary N) is 1. The molecule has 0 radical (unpaired) electrons. The van der Waals surface area contributed by atoms with Crippen LogP contribution in [0, 0.1) is 11.7 Å². The summed E-state index contributed by atoms with van der Waals surface area (Å²) in [4.78, 5) is 0. The lowest BCUT2D eigenvalue weighted by atomic mass is 10.1. The summed E-state index contributed by atoms with van der Waals surface area (Å²) in [6.07, 6.45) is 1.83. The first-order valence-corrected chi connectivity index (χ1v) is 8.40. The molecule has 0 amide bonds. The second-order valence-corrected chi connectivity index (χ2v) is 6.18. The summed E-state index contributed by atoms with van der Waals surface area (Å²) < 4.78 is 2.13. The molecule has 0 saturated heterocycles. The van der Waals surface area contributed by atoms with Gasteiger partial charge in [-0.1, -0.05) is 66.7 Å². The number of aromatic nitrogens is 3. The largest absolute Gasteiger partial charge is 0.250 e. The Morgan fingerprint density at radius 2 is 1.76 bits per heavy atom. The molecule has 4 nitrogen and oxygen atoms in total. The summed E-state index contributed by atoms with van der Waals surface area (Å²) in [5.74, 6) is 0.708. The van der Waals surface area contributed by atoms with E-state index in [9.17, 15) is 0 Å². The van der Waals surface area contributed by atoms with Gasteiger partial charge in [0.25, 0.3) is 0 Å². The monoisotopic (exact) mass is 344 g/mol. The molecule has 0 fully saturated rings. The Labute approximate surface area is 150 Å². The second kappa shape index (κ2) is 6.45. The fourth-order valence-electron chi connectivity index (χ4n) is 2.88. The molecule has 0 unspecified atom stereocenters. The van der Waals surface area contributed by atoms with Crippen LogP contribution in [0.4, 0.5) is 0 Å². The zero-order valence-electron chi connectivity index (χ0n) is 13.7. The van der Waals surface area contributed by atoms with Crippen LogP contribution in [0.2, 0.25) is 0 Å². The zero-order chi connectivity index (χ0) is 17.2. The van der Waals surface area contributed by atoms with Crippen LogP contribution in [0.15, 0.2) is 71.8 Å². The van der Waals surface area contributed by atoms with Crippen molar-refractivity contribution in [1.82, 2.24) is 14.9 Å². The average molecular weight is 344 g/mol. The Hall–Kier alpha value is -3.05. The van der Waals surface area contributed by atoms with Crippen LogP contribution >= 0.6 is 12.2 Å². The standard InChI is InChI=1S/C20H16N4S/c1-14-7-2-4-11-17(14)19-22-23-20(25)24(19)21-13-16-10-6-9-15-8-3-5-12-18(15)16/h2-13H,1H3,(H,23,25)/b21-13-. The first-order chi connectivity index (χ1) is 12.2. The molecule has 0 bridgehead atoms. The highest BCUT2D eigenvalue weighted by Crippen LogP contribution is 2.22. The van der Waals surface area contributed by atoms with Crippen LogP contribution in [0.25, 0.3) is 22.2 Å². The molecule has 0 aliphatic heterocycles. The Morgan fingerprint density at radius 1 is 1.00 bits per heavy atom. The maximum Gasteiger partial charge on any atom is 0.216 e. The van der Waals surface area contributed by atoms with Gasteiger partial charge in [-0.05, 0) is 35.5 Å². The number of aromatic amines is 1. The van der Waals surface area contributed by atoms with Crippen molar-refractivity contribution in [2.45, 2.75) is 6.92 Å². The van der Waals surface area contributed by atoms with Gasteiger partial charge in [0.2, 0.25) is 4.77 Å². The Bertz CT molecular complexity index is 1130. The van der Waals surface area contributed by atoms with E-state index in [-0.39, 0.29) is 0 Å². The normalized spacial score (nSPS) is 11.4. The van der Waals surface area contributed by atoms with E-state index >= 15 is 0 Å². The predicted octanol–water partition coefficient (Wildman–Crippen LogP) is 4.95. The quantitative estimate of drug-likeness (QED) is 0.422. The number of benzene rings is 3. The molecule has 0 spiro atoms. The smallest absolute Gasteiger partial charge is 0.216 e. The Balaban J connectivity index is 1.82. The minimum atomic E-state index is 0.467. The first-order valence-electron chi connectivity index (χ1n) is 7.99. The van der Waals surface area contributed by atoms with Crippen LogP contribution in [0.5, 0.6) is 0 Å². The maximum atomic E-state index is 5.36. The highest BCUT2D eigenvalue weighted by Gasteiger charge is 2.10. The van der Waals surface area contributed by atoms with E-state index in [1.165, 1.54) is 5.39 Å². The number of fused-ring (bicyclic) bond motifs is 1. The molecule has 0 atom stereocenters. The number of H-pyrrole nitrogens is 1. The van der Waals surface area contributed by atoms with Crippen LogP contribution in [-0.2, 0) is 0 Å². The highest BCUT2D eigenvalue weighted by molar-refractivity contribution is 7.71. The lowest BCUT2D eigenvalue weighted by molar-refractivity contribution is 0.871. The lowest BCUT2D eigenvalue weighted by Crippen LogP contribution is -1.96. The van der Waals surface area contributed by atoms with Gasteiger partial charge in [-0.25, -0.2) is 5.10 Å². The molecule has 3 aromatic carbocycles. The van der Waals surface area contributed by atoms with E-state index in [2.05, 4.69) is 33.5 Å². The summed E-state index contributed by atoms with van der Waals surface area (Å²) in [6.45, 7) is 2.05. The summed E-state index contributed by atoms with van der Waals surface area (Å²) >= 11 is 5.36. The van der Waals surface area contributed by atoms with E-state index < -0.39 is 0 Å². The topological polar surface area (TPSA) is 46.0 Å². The molecular formula is C20H16N4S. The van der Waals surface area contributed by atoms with Crippen molar-refractivity contribution in [2.75, 3.05) is 0 Å². The molecule has 1 aromatic heterocycles. The maximum absolute atomic E-state index is 5.36. The van der Waals surface area contributed by atoms with Crippen molar-refractivity contribution in [2.24, 2.45) is 5.10 Å². The van der Waals surface area contributed by atoms with E-state index in [0.717, 1.165) is 22.1 Å². The van der Waals surface area contributed by atoms with Gasteiger partial charge in [0.05, 0.1) is 6.21 Å². The summed E-state index contributed by atoms with van der Waals surface area (Å²) in [7, 11) is 0. The molecule has 4 aromatic rings. The Morgan fingerprint density at radius 3 is 2.64 bits per heavy atom. The molecule has 0 saturated carbocycles. The number of aryl methyl sites for hydroxylation is 1. The van der Waals surface area contributed by atoms with Crippen molar-refractivity contribution in [1.29, 1.82) is 0 Å². The number of nitrogens with zero attached hydrogens (tertiary/aromatic N) is 3. The number of rotatable bonds is 3. The van der Waals surface area contributed by atoms with Gasteiger partial charge in [-0.2, -0.15) is 14.9 Å². The van der Waals surface area contributed by atoms with Gasteiger partial charge < -0.3 is 0 Å². The first kappa shape index (κ1) is 15.5. The third-order valence-corrected chi connectivity index (χ3v) is 4.44. The predicted molar refractivity (Wildman–Crippen MR) is 105 cm³/mol. The van der Waals surface area contributed by atoms with Gasteiger partial charge in [-0.3, -0.25) is 0 Å². The van der Waals surface area contributed by atoms with Crippen molar-refractivity contribution in [3.63, 3.8) is 0 Å².